The highest BCUT2D eigenvalue weighted by molar-refractivity contribution is 5.98. The Morgan fingerprint density at radius 3 is 3.10 bits per heavy atom. The number of nitrogens with zero attached hydrogens (tertiary/aromatic N) is 4. The molecule has 4 rings (SSSR count). The first kappa shape index (κ1) is 12.2. The molecule has 1 aliphatic rings. The van der Waals surface area contributed by atoms with Crippen LogP contribution in [-0.2, 0) is 4.79 Å². The number of anilines is 1. The van der Waals surface area contributed by atoms with Crippen LogP contribution < -0.4 is 4.90 Å². The Kier molecular flexibility index (Phi) is 2.60. The van der Waals surface area contributed by atoms with E-state index in [4.69, 9.17) is 0 Å². The van der Waals surface area contributed by atoms with E-state index in [2.05, 4.69) is 19.9 Å². The first-order valence-electron chi connectivity index (χ1n) is 7.00. The van der Waals surface area contributed by atoms with E-state index in [1.54, 1.807) is 12.7 Å². The van der Waals surface area contributed by atoms with Crippen molar-refractivity contribution < 1.29 is 9.90 Å². The third-order valence-corrected chi connectivity index (χ3v) is 4.14. The molecule has 0 amide bonds. The second kappa shape index (κ2) is 4.47. The second-order valence-electron chi connectivity index (χ2n) is 5.43. The van der Waals surface area contributed by atoms with E-state index in [9.17, 15) is 9.90 Å². The van der Waals surface area contributed by atoms with E-state index in [-0.39, 0.29) is 5.92 Å². The highest BCUT2D eigenvalue weighted by atomic mass is 16.4. The number of hydrogen-bond donors (Lipinski definition) is 2. The largest absolute Gasteiger partial charge is 0.481 e. The molecule has 108 valence electrons. The third-order valence-electron chi connectivity index (χ3n) is 4.14. The van der Waals surface area contributed by atoms with E-state index < -0.39 is 5.97 Å². The molecule has 7 nitrogen and oxygen atoms in total. The Labute approximate surface area is 120 Å². The standard InChI is InChI=1S/C14H15N5O2/c20-14(21)9-2-1-5-18(6-9)13-11-10-3-4-15-12(10)16-7-19(11)8-17-13/h3-4,7-9,15H,1-2,5-6H2,(H,20,21). The van der Waals surface area contributed by atoms with Crippen molar-refractivity contribution >= 4 is 28.3 Å². The van der Waals surface area contributed by atoms with Crippen LogP contribution in [0.2, 0.25) is 0 Å². The molecule has 0 radical (unpaired) electrons. The van der Waals surface area contributed by atoms with Crippen molar-refractivity contribution in [2.45, 2.75) is 12.8 Å². The van der Waals surface area contributed by atoms with Gasteiger partial charge < -0.3 is 15.0 Å². The molecular weight excluding hydrogens is 270 g/mol. The minimum atomic E-state index is -0.725. The number of carbonyl (C=O) groups is 1. The van der Waals surface area contributed by atoms with Crippen molar-refractivity contribution in [3.05, 3.63) is 24.9 Å². The lowest BCUT2D eigenvalue weighted by Gasteiger charge is -2.31. The molecule has 0 bridgehead atoms. The van der Waals surface area contributed by atoms with Crippen molar-refractivity contribution in [1.82, 2.24) is 19.4 Å². The topological polar surface area (TPSA) is 86.5 Å². The summed E-state index contributed by atoms with van der Waals surface area (Å²) in [4.78, 5) is 25.2. The molecule has 0 aromatic carbocycles. The molecule has 3 aromatic heterocycles. The maximum atomic E-state index is 11.2. The summed E-state index contributed by atoms with van der Waals surface area (Å²) in [6, 6.07) is 1.97. The fourth-order valence-corrected chi connectivity index (χ4v) is 3.08. The lowest BCUT2D eigenvalue weighted by atomic mass is 9.98. The Morgan fingerprint density at radius 2 is 2.24 bits per heavy atom. The van der Waals surface area contributed by atoms with Crippen LogP contribution in [-0.4, -0.2) is 43.5 Å². The highest BCUT2D eigenvalue weighted by Gasteiger charge is 2.27. The van der Waals surface area contributed by atoms with Crippen molar-refractivity contribution in [3.63, 3.8) is 0 Å². The molecule has 2 N–H and O–H groups in total. The van der Waals surface area contributed by atoms with Crippen molar-refractivity contribution in [2.24, 2.45) is 5.92 Å². The van der Waals surface area contributed by atoms with Gasteiger partial charge in [0.15, 0.2) is 5.82 Å². The van der Waals surface area contributed by atoms with Gasteiger partial charge in [-0.15, -0.1) is 0 Å². The van der Waals surface area contributed by atoms with E-state index >= 15 is 0 Å². The summed E-state index contributed by atoms with van der Waals surface area (Å²) in [7, 11) is 0. The molecule has 1 atom stereocenters. The fraction of sp³-hybridized carbons (Fsp3) is 0.357. The number of aromatic nitrogens is 4. The van der Waals surface area contributed by atoms with Gasteiger partial charge in [-0.1, -0.05) is 0 Å². The molecule has 0 saturated carbocycles. The van der Waals surface area contributed by atoms with Gasteiger partial charge in [-0.2, -0.15) is 0 Å². The zero-order valence-electron chi connectivity index (χ0n) is 11.4. The zero-order chi connectivity index (χ0) is 14.4. The van der Waals surface area contributed by atoms with E-state index in [1.165, 1.54) is 0 Å². The van der Waals surface area contributed by atoms with Crippen LogP contribution in [0.15, 0.2) is 24.9 Å². The molecule has 0 aliphatic carbocycles. The van der Waals surface area contributed by atoms with Gasteiger partial charge in [-0.3, -0.25) is 9.20 Å². The normalized spacial score (nSPS) is 19.4. The Morgan fingerprint density at radius 1 is 1.38 bits per heavy atom. The monoisotopic (exact) mass is 285 g/mol. The number of imidazole rings is 1. The molecule has 1 aliphatic heterocycles. The second-order valence-corrected chi connectivity index (χ2v) is 5.43. The average molecular weight is 285 g/mol. The summed E-state index contributed by atoms with van der Waals surface area (Å²) >= 11 is 0. The lowest BCUT2D eigenvalue weighted by Crippen LogP contribution is -2.39. The predicted octanol–water partition coefficient (Wildman–Crippen LogP) is 1.51. The molecule has 7 heteroatoms. The number of rotatable bonds is 2. The van der Waals surface area contributed by atoms with Crippen molar-refractivity contribution in [2.75, 3.05) is 18.0 Å². The molecular formula is C14H15N5O2. The molecule has 3 aromatic rings. The van der Waals surface area contributed by atoms with Crippen LogP contribution in [0.3, 0.4) is 0 Å². The van der Waals surface area contributed by atoms with Gasteiger partial charge in [-0.05, 0) is 18.9 Å². The van der Waals surface area contributed by atoms with Crippen molar-refractivity contribution in [3.8, 4) is 0 Å². The van der Waals surface area contributed by atoms with Gasteiger partial charge in [0.2, 0.25) is 0 Å². The van der Waals surface area contributed by atoms with E-state index in [1.807, 2.05) is 16.7 Å². The van der Waals surface area contributed by atoms with Crippen LogP contribution >= 0.6 is 0 Å². The number of carboxylic acids is 1. The first-order chi connectivity index (χ1) is 10.2. The minimum absolute atomic E-state index is 0.320. The lowest BCUT2D eigenvalue weighted by molar-refractivity contribution is -0.141. The fourth-order valence-electron chi connectivity index (χ4n) is 3.08. The van der Waals surface area contributed by atoms with Gasteiger partial charge in [0.1, 0.15) is 23.8 Å². The van der Waals surface area contributed by atoms with Gasteiger partial charge in [-0.25, -0.2) is 9.97 Å². The quantitative estimate of drug-likeness (QED) is 0.745. The number of aromatic amines is 1. The first-order valence-corrected chi connectivity index (χ1v) is 7.00. The number of aliphatic carboxylic acids is 1. The molecule has 21 heavy (non-hydrogen) atoms. The number of carboxylic acid groups (broad SMARTS) is 1. The Bertz CT molecular complexity index is 821. The summed E-state index contributed by atoms with van der Waals surface area (Å²) in [5, 5.41) is 10.2. The summed E-state index contributed by atoms with van der Waals surface area (Å²) in [6.07, 6.45) is 6.92. The smallest absolute Gasteiger partial charge is 0.308 e. The van der Waals surface area contributed by atoms with Gasteiger partial charge in [0.25, 0.3) is 0 Å². The number of fused-ring (bicyclic) bond motifs is 3. The number of H-pyrrole nitrogens is 1. The summed E-state index contributed by atoms with van der Waals surface area (Å²) in [5.41, 5.74) is 1.79. The Hall–Kier alpha value is -2.57. The maximum Gasteiger partial charge on any atom is 0.308 e. The van der Waals surface area contributed by atoms with Crippen molar-refractivity contribution in [1.29, 1.82) is 0 Å². The van der Waals surface area contributed by atoms with Gasteiger partial charge in [0, 0.05) is 24.7 Å². The third kappa shape index (κ3) is 1.84. The SMILES string of the molecule is O=C(O)C1CCCN(c2ncn3cnc4[nH]ccc4c23)C1. The predicted molar refractivity (Wildman–Crippen MR) is 77.4 cm³/mol. The molecule has 1 unspecified atom stereocenters. The van der Waals surface area contributed by atoms with Crippen LogP contribution in [0.5, 0.6) is 0 Å². The zero-order valence-corrected chi connectivity index (χ0v) is 11.4. The van der Waals surface area contributed by atoms with Crippen LogP contribution in [0.25, 0.3) is 16.6 Å². The maximum absolute atomic E-state index is 11.2. The number of piperidine rings is 1. The van der Waals surface area contributed by atoms with E-state index in [0.29, 0.717) is 6.54 Å². The molecule has 0 spiro atoms. The van der Waals surface area contributed by atoms with E-state index in [0.717, 1.165) is 41.8 Å². The molecule has 4 heterocycles. The highest BCUT2D eigenvalue weighted by Crippen LogP contribution is 2.29. The van der Waals surface area contributed by atoms with Gasteiger partial charge >= 0.3 is 5.97 Å². The summed E-state index contributed by atoms with van der Waals surface area (Å²) in [5.74, 6) is -0.205. The van der Waals surface area contributed by atoms with Crippen LogP contribution in [0, 0.1) is 5.92 Å². The number of hydrogen-bond acceptors (Lipinski definition) is 4. The van der Waals surface area contributed by atoms with Crippen LogP contribution in [0.1, 0.15) is 12.8 Å². The molecule has 1 saturated heterocycles. The summed E-state index contributed by atoms with van der Waals surface area (Å²) < 4.78 is 1.88. The summed E-state index contributed by atoms with van der Waals surface area (Å²) in [6.45, 7) is 1.35. The van der Waals surface area contributed by atoms with Crippen LogP contribution in [0.4, 0.5) is 5.82 Å². The Balaban J connectivity index is 1.82. The average Bonchev–Trinajstić information content (AvgIpc) is 3.13. The minimum Gasteiger partial charge on any atom is -0.481 e. The number of nitrogens with one attached hydrogen (secondary N) is 1. The van der Waals surface area contributed by atoms with Gasteiger partial charge in [0.05, 0.1) is 5.92 Å². The molecule has 1 fully saturated rings.